The molecule has 0 N–H and O–H groups in total. The number of carbonyl (C=O) groups is 1. The molecule has 0 saturated carbocycles. The van der Waals surface area contributed by atoms with Crippen LogP contribution in [0.1, 0.15) is 21.5 Å². The molecule has 1 heterocycles. The third-order valence-electron chi connectivity index (χ3n) is 4.34. The first-order valence-corrected chi connectivity index (χ1v) is 8.44. The van der Waals surface area contributed by atoms with Gasteiger partial charge in [-0.1, -0.05) is 24.3 Å². The van der Waals surface area contributed by atoms with Gasteiger partial charge in [-0.15, -0.1) is 0 Å². The first-order valence-electron chi connectivity index (χ1n) is 8.44. The highest BCUT2D eigenvalue weighted by molar-refractivity contribution is 5.98. The monoisotopic (exact) mass is 425 g/mol. The lowest BCUT2D eigenvalue weighted by Gasteiger charge is -2.12. The molecule has 3 aromatic rings. The predicted molar refractivity (Wildman–Crippen MR) is 96.5 cm³/mol. The molecule has 0 atom stereocenters. The van der Waals surface area contributed by atoms with E-state index < -0.39 is 29.4 Å². The fourth-order valence-electron chi connectivity index (χ4n) is 2.79. The summed E-state index contributed by atoms with van der Waals surface area (Å²) in [6.07, 6.45) is -7.73. The van der Waals surface area contributed by atoms with E-state index in [1.54, 1.807) is 0 Å². The molecule has 0 bridgehead atoms. The number of carbonyl (C=O) groups excluding carboxylic acids is 1. The van der Waals surface area contributed by atoms with E-state index in [-0.39, 0.29) is 16.8 Å². The molecule has 3 nitrogen and oxygen atoms in total. The van der Waals surface area contributed by atoms with Crippen molar-refractivity contribution in [2.75, 3.05) is 7.11 Å². The van der Waals surface area contributed by atoms with Crippen molar-refractivity contribution >= 4 is 5.97 Å². The standard InChI is InChI=1S/C21H13F6NO2/c1-30-19(29)16-10-18(13-4-8-15(9-5-13)21(25,26)27)28-11-17(16)12-2-6-14(7-3-12)20(22,23)24/h2-11H,1H3. The average molecular weight is 425 g/mol. The normalized spacial score (nSPS) is 12.0. The van der Waals surface area contributed by atoms with E-state index in [0.717, 1.165) is 31.4 Å². The number of methoxy groups -OCH3 is 1. The van der Waals surface area contributed by atoms with Gasteiger partial charge in [-0.25, -0.2) is 4.79 Å². The van der Waals surface area contributed by atoms with Crippen LogP contribution in [0.15, 0.2) is 60.8 Å². The van der Waals surface area contributed by atoms with Crippen LogP contribution in [0.4, 0.5) is 26.3 Å². The Hall–Kier alpha value is -3.36. The zero-order valence-electron chi connectivity index (χ0n) is 15.3. The highest BCUT2D eigenvalue weighted by atomic mass is 19.4. The first-order chi connectivity index (χ1) is 14.0. The number of nitrogens with zero attached hydrogens (tertiary/aromatic N) is 1. The van der Waals surface area contributed by atoms with E-state index in [0.29, 0.717) is 11.1 Å². The van der Waals surface area contributed by atoms with Gasteiger partial charge in [0.1, 0.15) is 0 Å². The Morgan fingerprint density at radius 3 is 1.70 bits per heavy atom. The van der Waals surface area contributed by atoms with Crippen LogP contribution in [0.25, 0.3) is 22.4 Å². The molecule has 1 aromatic heterocycles. The number of rotatable bonds is 3. The Bertz CT molecular complexity index is 1050. The van der Waals surface area contributed by atoms with Crippen molar-refractivity contribution in [3.63, 3.8) is 0 Å². The summed E-state index contributed by atoms with van der Waals surface area (Å²) in [5, 5.41) is 0. The number of alkyl halides is 6. The molecule has 30 heavy (non-hydrogen) atoms. The molecule has 0 aliphatic carbocycles. The van der Waals surface area contributed by atoms with Gasteiger partial charge in [0, 0.05) is 17.3 Å². The van der Waals surface area contributed by atoms with Gasteiger partial charge in [0.2, 0.25) is 0 Å². The van der Waals surface area contributed by atoms with Crippen LogP contribution in [0.5, 0.6) is 0 Å². The van der Waals surface area contributed by atoms with Gasteiger partial charge < -0.3 is 4.74 Å². The van der Waals surface area contributed by atoms with Crippen LogP contribution >= 0.6 is 0 Å². The van der Waals surface area contributed by atoms with Gasteiger partial charge in [-0.3, -0.25) is 4.98 Å². The summed E-state index contributed by atoms with van der Waals surface area (Å²) in [4.78, 5) is 16.4. The van der Waals surface area contributed by atoms with Crippen LogP contribution < -0.4 is 0 Å². The van der Waals surface area contributed by atoms with E-state index in [9.17, 15) is 31.1 Å². The SMILES string of the molecule is COC(=O)c1cc(-c2ccc(C(F)(F)F)cc2)ncc1-c1ccc(C(F)(F)F)cc1. The minimum absolute atomic E-state index is 0.0159. The van der Waals surface area contributed by atoms with Crippen molar-refractivity contribution < 1.29 is 35.9 Å². The van der Waals surface area contributed by atoms with Crippen LogP contribution in [-0.2, 0) is 17.1 Å². The number of halogens is 6. The van der Waals surface area contributed by atoms with Crippen LogP contribution in [0.2, 0.25) is 0 Å². The Morgan fingerprint density at radius 1 is 0.800 bits per heavy atom. The molecule has 156 valence electrons. The topological polar surface area (TPSA) is 39.2 Å². The summed E-state index contributed by atoms with van der Waals surface area (Å²) in [7, 11) is 1.14. The number of benzene rings is 2. The third-order valence-corrected chi connectivity index (χ3v) is 4.34. The lowest BCUT2D eigenvalue weighted by atomic mass is 9.98. The lowest BCUT2D eigenvalue weighted by Crippen LogP contribution is -2.07. The Kier molecular flexibility index (Phi) is 5.56. The quantitative estimate of drug-likeness (QED) is 0.368. The average Bonchev–Trinajstić information content (AvgIpc) is 2.71. The molecule has 9 heteroatoms. The molecule has 2 aromatic carbocycles. The van der Waals surface area contributed by atoms with Crippen LogP contribution in [0.3, 0.4) is 0 Å². The van der Waals surface area contributed by atoms with E-state index in [1.165, 1.54) is 36.5 Å². The number of pyridine rings is 1. The minimum Gasteiger partial charge on any atom is -0.465 e. The number of hydrogen-bond acceptors (Lipinski definition) is 3. The second-order valence-electron chi connectivity index (χ2n) is 6.26. The Morgan fingerprint density at radius 2 is 1.27 bits per heavy atom. The van der Waals surface area contributed by atoms with Gasteiger partial charge in [-0.05, 0) is 35.9 Å². The fraction of sp³-hybridized carbons (Fsp3) is 0.143. The minimum atomic E-state index is -4.51. The fourth-order valence-corrected chi connectivity index (χ4v) is 2.79. The number of aromatic nitrogens is 1. The number of ether oxygens (including phenoxy) is 1. The van der Waals surface area contributed by atoms with Gasteiger partial charge >= 0.3 is 18.3 Å². The summed E-state index contributed by atoms with van der Waals surface area (Å²) in [5.74, 6) is -0.763. The molecule has 0 aliphatic rings. The molecular formula is C21H13F6NO2. The lowest BCUT2D eigenvalue weighted by molar-refractivity contribution is -0.138. The summed E-state index contributed by atoms with van der Waals surface area (Å²) in [6.45, 7) is 0. The number of hydrogen-bond donors (Lipinski definition) is 0. The van der Waals surface area contributed by atoms with Crippen molar-refractivity contribution in [1.82, 2.24) is 4.98 Å². The molecule has 3 rings (SSSR count). The Balaban J connectivity index is 2.03. The highest BCUT2D eigenvalue weighted by Gasteiger charge is 2.31. The van der Waals surface area contributed by atoms with Crippen LogP contribution in [0, 0.1) is 0 Å². The van der Waals surface area contributed by atoms with Gasteiger partial charge in [0.25, 0.3) is 0 Å². The zero-order valence-corrected chi connectivity index (χ0v) is 15.3. The molecule has 0 fully saturated rings. The maximum absolute atomic E-state index is 12.8. The molecule has 0 unspecified atom stereocenters. The summed E-state index contributed by atoms with van der Waals surface area (Å²) >= 11 is 0. The second-order valence-corrected chi connectivity index (χ2v) is 6.26. The molecule has 0 aliphatic heterocycles. The van der Waals surface area contributed by atoms with Crippen molar-refractivity contribution in [3.05, 3.63) is 77.5 Å². The second kappa shape index (κ2) is 7.81. The summed E-state index contributed by atoms with van der Waals surface area (Å²) in [5.41, 5.74) is -0.601. The van der Waals surface area contributed by atoms with Crippen molar-refractivity contribution in [3.8, 4) is 22.4 Å². The summed E-state index contributed by atoms with van der Waals surface area (Å²) < 4.78 is 81.2. The molecule has 0 spiro atoms. The van der Waals surface area contributed by atoms with E-state index in [2.05, 4.69) is 4.98 Å². The Labute approximate surface area is 166 Å². The van der Waals surface area contributed by atoms with Crippen LogP contribution in [-0.4, -0.2) is 18.1 Å². The van der Waals surface area contributed by atoms with Crippen molar-refractivity contribution in [2.45, 2.75) is 12.4 Å². The van der Waals surface area contributed by atoms with E-state index in [1.807, 2.05) is 0 Å². The summed E-state index contributed by atoms with van der Waals surface area (Å²) in [6, 6.07) is 9.67. The smallest absolute Gasteiger partial charge is 0.416 e. The predicted octanol–water partition coefficient (Wildman–Crippen LogP) is 6.24. The largest absolute Gasteiger partial charge is 0.465 e. The maximum atomic E-state index is 12.8. The number of esters is 1. The molecule has 0 amide bonds. The first kappa shape index (κ1) is 21.4. The van der Waals surface area contributed by atoms with Gasteiger partial charge in [0.15, 0.2) is 0 Å². The van der Waals surface area contributed by atoms with Gasteiger partial charge in [0.05, 0.1) is 29.5 Å². The van der Waals surface area contributed by atoms with Crippen molar-refractivity contribution in [1.29, 1.82) is 0 Å². The van der Waals surface area contributed by atoms with E-state index in [4.69, 9.17) is 4.74 Å². The van der Waals surface area contributed by atoms with E-state index >= 15 is 0 Å². The highest BCUT2D eigenvalue weighted by Crippen LogP contribution is 2.34. The third kappa shape index (κ3) is 4.45. The molecule has 0 radical (unpaired) electrons. The molecular weight excluding hydrogens is 412 g/mol. The molecule has 0 saturated heterocycles. The van der Waals surface area contributed by atoms with Gasteiger partial charge in [-0.2, -0.15) is 26.3 Å². The maximum Gasteiger partial charge on any atom is 0.416 e. The van der Waals surface area contributed by atoms with Crippen molar-refractivity contribution in [2.24, 2.45) is 0 Å². The zero-order chi connectivity index (χ0) is 22.1.